The van der Waals surface area contributed by atoms with Crippen LogP contribution in [0.5, 0.6) is 0 Å². The van der Waals surface area contributed by atoms with E-state index in [0.717, 1.165) is 18.4 Å². The van der Waals surface area contributed by atoms with Gasteiger partial charge in [0.15, 0.2) is 5.76 Å². The molecule has 1 aliphatic rings. The normalized spacial score (nSPS) is 25.4. The molecule has 0 aromatic carbocycles. The van der Waals surface area contributed by atoms with E-state index in [1.165, 1.54) is 12.7 Å². The van der Waals surface area contributed by atoms with Gasteiger partial charge in [-0.05, 0) is 36.7 Å². The van der Waals surface area contributed by atoms with Crippen LogP contribution in [0.2, 0.25) is 0 Å². The highest BCUT2D eigenvalue weighted by molar-refractivity contribution is 5.92. The third-order valence-electron chi connectivity index (χ3n) is 3.91. The predicted molar refractivity (Wildman–Crippen MR) is 75.7 cm³/mol. The number of nitrogens with two attached hydrogens (primary N) is 1. The van der Waals surface area contributed by atoms with E-state index in [1.807, 2.05) is 0 Å². The maximum atomic E-state index is 11.5. The van der Waals surface area contributed by atoms with Crippen molar-refractivity contribution in [3.05, 3.63) is 23.7 Å². The average Bonchev–Trinajstić information content (AvgIpc) is 2.81. The van der Waals surface area contributed by atoms with Crippen LogP contribution in [0.15, 0.2) is 16.7 Å². The van der Waals surface area contributed by atoms with E-state index >= 15 is 0 Å². The van der Waals surface area contributed by atoms with Crippen molar-refractivity contribution in [1.82, 2.24) is 5.43 Å². The van der Waals surface area contributed by atoms with Gasteiger partial charge in [0.25, 0.3) is 0 Å². The SMILES string of the molecule is CC1CC(OCc2ccoc2C(=O)NN)CC(C)(C)C1. The number of ether oxygens (including phenoxy) is 1. The number of nitrogen functional groups attached to an aromatic ring is 1. The van der Waals surface area contributed by atoms with Gasteiger partial charge in [-0.2, -0.15) is 0 Å². The maximum absolute atomic E-state index is 11.5. The number of carbonyl (C=O) groups is 1. The van der Waals surface area contributed by atoms with E-state index in [2.05, 4.69) is 26.2 Å². The van der Waals surface area contributed by atoms with Crippen LogP contribution in [0.25, 0.3) is 0 Å². The van der Waals surface area contributed by atoms with Gasteiger partial charge >= 0.3 is 5.91 Å². The number of rotatable bonds is 4. The van der Waals surface area contributed by atoms with E-state index in [1.54, 1.807) is 6.07 Å². The van der Waals surface area contributed by atoms with Crippen molar-refractivity contribution in [2.24, 2.45) is 17.2 Å². The van der Waals surface area contributed by atoms with Gasteiger partial charge in [-0.15, -0.1) is 0 Å². The monoisotopic (exact) mass is 280 g/mol. The number of hydrogen-bond donors (Lipinski definition) is 2. The first-order chi connectivity index (χ1) is 9.41. The molecule has 20 heavy (non-hydrogen) atoms. The molecular weight excluding hydrogens is 256 g/mol. The first kappa shape index (κ1) is 15.1. The van der Waals surface area contributed by atoms with Crippen LogP contribution in [0, 0.1) is 11.3 Å². The zero-order chi connectivity index (χ0) is 14.8. The second kappa shape index (κ2) is 5.97. The molecule has 1 aromatic heterocycles. The van der Waals surface area contributed by atoms with Crippen LogP contribution in [0.1, 0.15) is 56.2 Å². The third kappa shape index (κ3) is 3.61. The summed E-state index contributed by atoms with van der Waals surface area (Å²) in [5.41, 5.74) is 3.13. The molecule has 0 spiro atoms. The van der Waals surface area contributed by atoms with Crippen molar-refractivity contribution in [1.29, 1.82) is 0 Å². The van der Waals surface area contributed by atoms with E-state index in [0.29, 0.717) is 17.9 Å². The molecule has 112 valence electrons. The van der Waals surface area contributed by atoms with Gasteiger partial charge in [-0.3, -0.25) is 10.2 Å². The van der Waals surface area contributed by atoms with Crippen LogP contribution in [0.4, 0.5) is 0 Å². The maximum Gasteiger partial charge on any atom is 0.301 e. The summed E-state index contributed by atoms with van der Waals surface area (Å²) in [5.74, 6) is 5.60. The van der Waals surface area contributed by atoms with Gasteiger partial charge in [-0.1, -0.05) is 20.8 Å². The largest absolute Gasteiger partial charge is 0.459 e. The molecule has 0 radical (unpaired) electrons. The Hall–Kier alpha value is -1.33. The molecule has 0 aliphatic heterocycles. The van der Waals surface area contributed by atoms with E-state index in [9.17, 15) is 4.79 Å². The second-order valence-electron chi connectivity index (χ2n) is 6.59. The number of hydrogen-bond acceptors (Lipinski definition) is 4. The lowest BCUT2D eigenvalue weighted by atomic mass is 9.71. The average molecular weight is 280 g/mol. The number of hydrazine groups is 1. The summed E-state index contributed by atoms with van der Waals surface area (Å²) in [4.78, 5) is 11.5. The molecule has 1 fully saturated rings. The van der Waals surface area contributed by atoms with E-state index in [4.69, 9.17) is 15.0 Å². The fourth-order valence-electron chi connectivity index (χ4n) is 3.31. The smallest absolute Gasteiger partial charge is 0.301 e. The Labute approximate surface area is 119 Å². The fraction of sp³-hybridized carbons (Fsp3) is 0.667. The van der Waals surface area contributed by atoms with Crippen molar-refractivity contribution in [2.75, 3.05) is 0 Å². The molecule has 2 unspecified atom stereocenters. The summed E-state index contributed by atoms with van der Waals surface area (Å²) < 4.78 is 11.1. The van der Waals surface area contributed by atoms with Crippen molar-refractivity contribution < 1.29 is 13.9 Å². The lowest BCUT2D eigenvalue weighted by Gasteiger charge is -2.38. The fourth-order valence-corrected chi connectivity index (χ4v) is 3.31. The van der Waals surface area contributed by atoms with E-state index in [-0.39, 0.29) is 11.9 Å². The molecule has 0 saturated heterocycles. The van der Waals surface area contributed by atoms with Crippen LogP contribution in [-0.2, 0) is 11.3 Å². The van der Waals surface area contributed by atoms with Gasteiger partial charge in [0, 0.05) is 5.56 Å². The van der Waals surface area contributed by atoms with Gasteiger partial charge in [0.05, 0.1) is 19.0 Å². The summed E-state index contributed by atoms with van der Waals surface area (Å²) in [6.45, 7) is 7.21. The van der Waals surface area contributed by atoms with Crippen molar-refractivity contribution >= 4 is 5.91 Å². The third-order valence-corrected chi connectivity index (χ3v) is 3.91. The summed E-state index contributed by atoms with van der Waals surface area (Å²) in [7, 11) is 0. The number of nitrogens with one attached hydrogen (secondary N) is 1. The molecular formula is C15H24N2O3. The van der Waals surface area contributed by atoms with Gasteiger partial charge in [0.1, 0.15) is 0 Å². The van der Waals surface area contributed by atoms with Gasteiger partial charge < -0.3 is 9.15 Å². The van der Waals surface area contributed by atoms with E-state index < -0.39 is 5.91 Å². The minimum atomic E-state index is -0.425. The van der Waals surface area contributed by atoms with Crippen molar-refractivity contribution in [2.45, 2.75) is 52.7 Å². The van der Waals surface area contributed by atoms with Crippen molar-refractivity contribution in [3.63, 3.8) is 0 Å². The summed E-state index contributed by atoms with van der Waals surface area (Å²) in [6, 6.07) is 1.75. The summed E-state index contributed by atoms with van der Waals surface area (Å²) in [6.07, 6.45) is 5.07. The Morgan fingerprint density at radius 3 is 2.95 bits per heavy atom. The Morgan fingerprint density at radius 2 is 2.30 bits per heavy atom. The van der Waals surface area contributed by atoms with Gasteiger partial charge in [-0.25, -0.2) is 5.84 Å². The molecule has 5 heteroatoms. The summed E-state index contributed by atoms with van der Waals surface area (Å²) in [5, 5.41) is 0. The lowest BCUT2D eigenvalue weighted by molar-refractivity contribution is -0.0319. The Kier molecular flexibility index (Phi) is 4.50. The van der Waals surface area contributed by atoms with Crippen LogP contribution < -0.4 is 11.3 Å². The van der Waals surface area contributed by atoms with Crippen LogP contribution >= 0.6 is 0 Å². The Bertz CT molecular complexity index is 467. The molecule has 1 amide bonds. The first-order valence-corrected chi connectivity index (χ1v) is 7.10. The molecule has 3 N–H and O–H groups in total. The van der Waals surface area contributed by atoms with Crippen molar-refractivity contribution in [3.8, 4) is 0 Å². The quantitative estimate of drug-likeness (QED) is 0.505. The first-order valence-electron chi connectivity index (χ1n) is 7.10. The number of furan rings is 1. The number of amides is 1. The minimum Gasteiger partial charge on any atom is -0.459 e. The molecule has 2 atom stereocenters. The van der Waals surface area contributed by atoms with Crippen LogP contribution in [0.3, 0.4) is 0 Å². The molecule has 0 bridgehead atoms. The highest BCUT2D eigenvalue weighted by Crippen LogP contribution is 2.39. The molecule has 1 saturated carbocycles. The lowest BCUT2D eigenvalue weighted by Crippen LogP contribution is -2.33. The second-order valence-corrected chi connectivity index (χ2v) is 6.59. The Morgan fingerprint density at radius 1 is 1.55 bits per heavy atom. The zero-order valence-corrected chi connectivity index (χ0v) is 12.4. The molecule has 5 nitrogen and oxygen atoms in total. The zero-order valence-electron chi connectivity index (χ0n) is 12.4. The Balaban J connectivity index is 1.95. The molecule has 2 rings (SSSR count). The minimum absolute atomic E-state index is 0.232. The molecule has 1 aromatic rings. The standard InChI is InChI=1S/C15H24N2O3/c1-10-6-12(8-15(2,3)7-10)20-9-11-4-5-19-13(11)14(18)17-16/h4-5,10,12H,6-9,16H2,1-3H3,(H,17,18). The molecule has 1 aliphatic carbocycles. The highest BCUT2D eigenvalue weighted by atomic mass is 16.5. The predicted octanol–water partition coefficient (Wildman–Crippen LogP) is 2.61. The highest BCUT2D eigenvalue weighted by Gasteiger charge is 2.32. The molecule has 1 heterocycles. The topological polar surface area (TPSA) is 77.5 Å². The summed E-state index contributed by atoms with van der Waals surface area (Å²) >= 11 is 0. The number of carbonyl (C=O) groups excluding carboxylic acids is 1. The van der Waals surface area contributed by atoms with Gasteiger partial charge in [0.2, 0.25) is 0 Å². The van der Waals surface area contributed by atoms with Crippen LogP contribution in [-0.4, -0.2) is 12.0 Å².